The number of nitrogens with one attached hydrogen (secondary N) is 1. The summed E-state index contributed by atoms with van der Waals surface area (Å²) in [4.78, 5) is 27.8. The summed E-state index contributed by atoms with van der Waals surface area (Å²) < 4.78 is 27.8. The van der Waals surface area contributed by atoms with Crippen molar-refractivity contribution in [3.8, 4) is 0 Å². The Morgan fingerprint density at radius 1 is 0.935 bits per heavy atom. The van der Waals surface area contributed by atoms with Gasteiger partial charge in [0, 0.05) is 38.3 Å². The predicted molar refractivity (Wildman–Crippen MR) is 118 cm³/mol. The van der Waals surface area contributed by atoms with Gasteiger partial charge in [0.2, 0.25) is 21.8 Å². The number of sulfonamides is 1. The van der Waals surface area contributed by atoms with Gasteiger partial charge >= 0.3 is 0 Å². The van der Waals surface area contributed by atoms with Gasteiger partial charge in [0.15, 0.2) is 0 Å². The van der Waals surface area contributed by atoms with Crippen LogP contribution >= 0.6 is 0 Å². The van der Waals surface area contributed by atoms with Crippen LogP contribution in [0.4, 0.5) is 5.69 Å². The van der Waals surface area contributed by atoms with E-state index in [4.69, 9.17) is 0 Å². The fourth-order valence-electron chi connectivity index (χ4n) is 4.88. The summed E-state index contributed by atoms with van der Waals surface area (Å²) in [5.74, 6) is -0.231. The summed E-state index contributed by atoms with van der Waals surface area (Å²) in [7, 11) is -3.67. The minimum absolute atomic E-state index is 0.0845. The lowest BCUT2D eigenvalue weighted by molar-refractivity contribution is -0.133. The van der Waals surface area contributed by atoms with Gasteiger partial charge < -0.3 is 10.2 Å². The number of hydrogen-bond donors (Lipinski definition) is 1. The Hall–Kier alpha value is -2.71. The second-order valence-corrected chi connectivity index (χ2v) is 10.1. The minimum Gasteiger partial charge on any atom is -0.339 e. The molecule has 2 aromatic carbocycles. The highest BCUT2D eigenvalue weighted by atomic mass is 32.2. The van der Waals surface area contributed by atoms with Crippen LogP contribution in [0, 0.1) is 5.41 Å². The number of hydrogen-bond acceptors (Lipinski definition) is 4. The zero-order chi connectivity index (χ0) is 22.1. The first-order chi connectivity index (χ1) is 14.8. The third-order valence-electron chi connectivity index (χ3n) is 6.54. The Morgan fingerprint density at radius 2 is 1.55 bits per heavy atom. The maximum atomic E-state index is 13.5. The van der Waals surface area contributed by atoms with Crippen LogP contribution in [-0.4, -0.2) is 55.1 Å². The number of carbonyl (C=O) groups excluding carboxylic acids is 2. The van der Waals surface area contributed by atoms with Crippen molar-refractivity contribution in [1.82, 2.24) is 9.21 Å². The molecule has 7 nitrogen and oxygen atoms in total. The molecule has 2 saturated heterocycles. The highest BCUT2D eigenvalue weighted by Gasteiger charge is 2.54. The lowest BCUT2D eigenvalue weighted by atomic mass is 9.75. The van der Waals surface area contributed by atoms with E-state index in [0.717, 1.165) is 0 Å². The SMILES string of the molecule is CC(=O)N1CC[C@@]2(C(=O)Nc3ccccc3)CCN(S(=O)(=O)c3ccccc3)CC[C@H]12. The van der Waals surface area contributed by atoms with Crippen molar-refractivity contribution in [3.63, 3.8) is 0 Å². The quantitative estimate of drug-likeness (QED) is 0.790. The third kappa shape index (κ3) is 3.97. The van der Waals surface area contributed by atoms with Crippen LogP contribution in [0.2, 0.25) is 0 Å². The highest BCUT2D eigenvalue weighted by Crippen LogP contribution is 2.45. The fourth-order valence-corrected chi connectivity index (χ4v) is 6.36. The zero-order valence-corrected chi connectivity index (χ0v) is 18.3. The minimum atomic E-state index is -3.67. The molecule has 0 spiro atoms. The molecule has 0 aromatic heterocycles. The maximum absolute atomic E-state index is 13.5. The normalized spacial score (nSPS) is 24.3. The molecule has 4 rings (SSSR count). The first-order valence-electron chi connectivity index (χ1n) is 10.5. The van der Waals surface area contributed by atoms with Crippen LogP contribution < -0.4 is 5.32 Å². The maximum Gasteiger partial charge on any atom is 0.243 e. The van der Waals surface area contributed by atoms with Gasteiger partial charge in [-0.1, -0.05) is 36.4 Å². The average Bonchev–Trinajstić information content (AvgIpc) is 3.03. The molecule has 0 unspecified atom stereocenters. The zero-order valence-electron chi connectivity index (χ0n) is 17.5. The molecule has 0 saturated carbocycles. The number of amides is 2. The molecule has 2 aromatic rings. The van der Waals surface area contributed by atoms with Gasteiger partial charge in [-0.05, 0) is 43.5 Å². The first kappa shape index (κ1) is 21.5. The van der Waals surface area contributed by atoms with E-state index in [2.05, 4.69) is 5.32 Å². The second kappa shape index (κ2) is 8.43. The predicted octanol–water partition coefficient (Wildman–Crippen LogP) is 2.72. The van der Waals surface area contributed by atoms with Crippen LogP contribution in [0.25, 0.3) is 0 Å². The van der Waals surface area contributed by atoms with Gasteiger partial charge in [0.05, 0.1) is 10.3 Å². The first-order valence-corrected chi connectivity index (χ1v) is 12.0. The number of anilines is 1. The van der Waals surface area contributed by atoms with E-state index in [-0.39, 0.29) is 35.8 Å². The smallest absolute Gasteiger partial charge is 0.243 e. The van der Waals surface area contributed by atoms with Crippen LogP contribution in [0.5, 0.6) is 0 Å². The Morgan fingerprint density at radius 3 is 2.19 bits per heavy atom. The second-order valence-electron chi connectivity index (χ2n) is 8.21. The van der Waals surface area contributed by atoms with Crippen molar-refractivity contribution in [2.24, 2.45) is 5.41 Å². The van der Waals surface area contributed by atoms with Crippen LogP contribution in [0.15, 0.2) is 65.6 Å². The fraction of sp³-hybridized carbons (Fsp3) is 0.391. The number of rotatable bonds is 4. The molecular weight excluding hydrogens is 414 g/mol. The Balaban J connectivity index is 1.64. The summed E-state index contributed by atoms with van der Waals surface area (Å²) >= 11 is 0. The third-order valence-corrected chi connectivity index (χ3v) is 8.45. The van der Waals surface area contributed by atoms with E-state index >= 15 is 0 Å². The van der Waals surface area contributed by atoms with Gasteiger partial charge in [0.25, 0.3) is 0 Å². The van der Waals surface area contributed by atoms with Crippen molar-refractivity contribution in [2.45, 2.75) is 37.1 Å². The molecule has 2 amide bonds. The van der Waals surface area contributed by atoms with Crippen molar-refractivity contribution in [2.75, 3.05) is 25.0 Å². The monoisotopic (exact) mass is 441 g/mol. The summed E-state index contributed by atoms with van der Waals surface area (Å²) in [5.41, 5.74) is -0.123. The van der Waals surface area contributed by atoms with Crippen molar-refractivity contribution >= 4 is 27.5 Å². The van der Waals surface area contributed by atoms with E-state index in [9.17, 15) is 18.0 Å². The molecule has 2 fully saturated rings. The molecule has 0 bridgehead atoms. The molecular formula is C23H27N3O4S. The largest absolute Gasteiger partial charge is 0.339 e. The topological polar surface area (TPSA) is 86.8 Å². The molecule has 8 heteroatoms. The molecule has 2 aliphatic heterocycles. The van der Waals surface area contributed by atoms with Gasteiger partial charge in [-0.2, -0.15) is 4.31 Å². The number of nitrogens with zero attached hydrogens (tertiary/aromatic N) is 2. The molecule has 31 heavy (non-hydrogen) atoms. The van der Waals surface area contributed by atoms with E-state index in [1.165, 1.54) is 11.2 Å². The molecule has 2 aliphatic rings. The standard InChI is InChI=1S/C23H27N3O4S/c1-18(27)26-17-14-23(22(28)24-19-8-4-2-5-9-19)13-16-25(15-12-21(23)26)31(29,30)20-10-6-3-7-11-20/h2-11,21H,12-17H2,1H3,(H,24,28)/t21-,23-/m0/s1. The van der Waals surface area contributed by atoms with Gasteiger partial charge in [-0.15, -0.1) is 0 Å². The van der Waals surface area contributed by atoms with Gasteiger partial charge in [-0.25, -0.2) is 8.42 Å². The summed E-state index contributed by atoms with van der Waals surface area (Å²) in [6.45, 7) is 2.52. The van der Waals surface area contributed by atoms with E-state index in [1.54, 1.807) is 35.2 Å². The lowest BCUT2D eigenvalue weighted by Gasteiger charge is -2.35. The van der Waals surface area contributed by atoms with Crippen molar-refractivity contribution in [3.05, 3.63) is 60.7 Å². The number of benzene rings is 2. The molecule has 2 heterocycles. The van der Waals surface area contributed by atoms with E-state index in [1.807, 2.05) is 30.3 Å². The summed E-state index contributed by atoms with van der Waals surface area (Å²) in [5, 5.41) is 3.00. The average molecular weight is 442 g/mol. The van der Waals surface area contributed by atoms with Gasteiger partial charge in [-0.3, -0.25) is 9.59 Å². The number of likely N-dealkylation sites (tertiary alicyclic amines) is 1. The van der Waals surface area contributed by atoms with Crippen LogP contribution in [-0.2, 0) is 19.6 Å². The van der Waals surface area contributed by atoms with Crippen molar-refractivity contribution < 1.29 is 18.0 Å². The molecule has 0 radical (unpaired) electrons. The van der Waals surface area contributed by atoms with Gasteiger partial charge in [0.1, 0.15) is 0 Å². The van der Waals surface area contributed by atoms with Crippen LogP contribution in [0.1, 0.15) is 26.2 Å². The number of carbonyl (C=O) groups is 2. The summed E-state index contributed by atoms with van der Waals surface area (Å²) in [6.07, 6.45) is 1.31. The Labute approximate surface area is 183 Å². The number of fused-ring (bicyclic) bond motifs is 1. The van der Waals surface area contributed by atoms with E-state index < -0.39 is 15.4 Å². The molecule has 164 valence electrons. The molecule has 0 aliphatic carbocycles. The van der Waals surface area contributed by atoms with E-state index in [0.29, 0.717) is 31.5 Å². The lowest BCUT2D eigenvalue weighted by Crippen LogP contribution is -2.48. The van der Waals surface area contributed by atoms with Crippen LogP contribution in [0.3, 0.4) is 0 Å². The highest BCUT2D eigenvalue weighted by molar-refractivity contribution is 7.89. The van der Waals surface area contributed by atoms with Crippen molar-refractivity contribution in [1.29, 1.82) is 0 Å². The Bertz CT molecular complexity index is 1060. The number of para-hydroxylation sites is 1. The Kier molecular flexibility index (Phi) is 5.85. The molecule has 2 atom stereocenters. The summed E-state index contributed by atoms with van der Waals surface area (Å²) in [6, 6.07) is 17.2. The molecule has 1 N–H and O–H groups in total.